The molecule has 0 amide bonds. The summed E-state index contributed by atoms with van der Waals surface area (Å²) >= 11 is 0. The number of benzene rings is 2. The Bertz CT molecular complexity index is 1370. The standard InChI is InChI=1S/C23H21FN4O2/c1-4-17-19(15-10-5-7-11-16(15)24)26-21-20(25-17)22(29)27-23(30)28(21)18-12-8-6-9-14(18)13(2)3/h5-13H,4H2,1-3H3,(H,27,29,30). The molecule has 152 valence electrons. The van der Waals surface area contributed by atoms with Gasteiger partial charge in [0.1, 0.15) is 5.82 Å². The van der Waals surface area contributed by atoms with E-state index >= 15 is 0 Å². The minimum absolute atomic E-state index is 0.0464. The minimum Gasteiger partial charge on any atom is -0.272 e. The third-order valence-corrected chi connectivity index (χ3v) is 5.06. The molecular weight excluding hydrogens is 383 g/mol. The van der Waals surface area contributed by atoms with Gasteiger partial charge in [-0.05, 0) is 36.1 Å². The first-order chi connectivity index (χ1) is 14.4. The molecule has 0 atom stereocenters. The van der Waals surface area contributed by atoms with Gasteiger partial charge in [-0.25, -0.2) is 23.7 Å². The van der Waals surface area contributed by atoms with Crippen LogP contribution in [0.3, 0.4) is 0 Å². The maximum Gasteiger partial charge on any atom is 0.334 e. The van der Waals surface area contributed by atoms with Crippen molar-refractivity contribution in [1.82, 2.24) is 19.5 Å². The van der Waals surface area contributed by atoms with E-state index in [-0.39, 0.29) is 22.6 Å². The minimum atomic E-state index is -0.615. The highest BCUT2D eigenvalue weighted by molar-refractivity contribution is 5.76. The number of para-hydroxylation sites is 1. The lowest BCUT2D eigenvalue weighted by Gasteiger charge is -2.17. The van der Waals surface area contributed by atoms with Gasteiger partial charge in [0.25, 0.3) is 5.56 Å². The molecular formula is C23H21FN4O2. The summed E-state index contributed by atoms with van der Waals surface area (Å²) in [7, 11) is 0. The molecule has 0 spiro atoms. The maximum absolute atomic E-state index is 14.5. The first-order valence-corrected chi connectivity index (χ1v) is 9.82. The molecule has 30 heavy (non-hydrogen) atoms. The third kappa shape index (κ3) is 3.22. The summed E-state index contributed by atoms with van der Waals surface area (Å²) in [4.78, 5) is 36.8. The van der Waals surface area contributed by atoms with Crippen LogP contribution < -0.4 is 11.2 Å². The van der Waals surface area contributed by atoms with Crippen LogP contribution in [0.4, 0.5) is 4.39 Å². The van der Waals surface area contributed by atoms with Gasteiger partial charge in [-0.15, -0.1) is 0 Å². The van der Waals surface area contributed by atoms with Crippen LogP contribution in [0.5, 0.6) is 0 Å². The summed E-state index contributed by atoms with van der Waals surface area (Å²) in [5, 5.41) is 0. The number of nitrogens with one attached hydrogen (secondary N) is 1. The number of fused-ring (bicyclic) bond motifs is 1. The number of aromatic nitrogens is 4. The van der Waals surface area contributed by atoms with Crippen molar-refractivity contribution in [3.63, 3.8) is 0 Å². The third-order valence-electron chi connectivity index (χ3n) is 5.06. The van der Waals surface area contributed by atoms with E-state index < -0.39 is 17.1 Å². The van der Waals surface area contributed by atoms with Crippen molar-refractivity contribution in [2.24, 2.45) is 0 Å². The fraction of sp³-hybridized carbons (Fsp3) is 0.217. The molecule has 0 radical (unpaired) electrons. The fourth-order valence-corrected chi connectivity index (χ4v) is 3.60. The quantitative estimate of drug-likeness (QED) is 0.558. The molecule has 0 fully saturated rings. The van der Waals surface area contributed by atoms with Crippen LogP contribution in [0.1, 0.15) is 37.9 Å². The van der Waals surface area contributed by atoms with Crippen molar-refractivity contribution in [2.45, 2.75) is 33.1 Å². The molecule has 0 bridgehead atoms. The first-order valence-electron chi connectivity index (χ1n) is 9.82. The van der Waals surface area contributed by atoms with Crippen LogP contribution in [0.25, 0.3) is 28.1 Å². The van der Waals surface area contributed by atoms with E-state index in [4.69, 9.17) is 0 Å². The number of aromatic amines is 1. The van der Waals surface area contributed by atoms with Crippen molar-refractivity contribution >= 4 is 11.2 Å². The number of halogens is 1. The van der Waals surface area contributed by atoms with Crippen molar-refractivity contribution in [3.8, 4) is 16.9 Å². The zero-order valence-electron chi connectivity index (χ0n) is 16.9. The zero-order chi connectivity index (χ0) is 21.4. The van der Waals surface area contributed by atoms with Crippen LogP contribution in [0.15, 0.2) is 58.1 Å². The monoisotopic (exact) mass is 404 g/mol. The lowest BCUT2D eigenvalue weighted by Crippen LogP contribution is -2.31. The van der Waals surface area contributed by atoms with Gasteiger partial charge in [-0.3, -0.25) is 9.78 Å². The molecule has 4 rings (SSSR count). The molecule has 0 saturated heterocycles. The average Bonchev–Trinajstić information content (AvgIpc) is 2.73. The molecule has 2 heterocycles. The summed E-state index contributed by atoms with van der Waals surface area (Å²) in [5.74, 6) is -0.314. The molecule has 2 aromatic heterocycles. The second-order valence-electron chi connectivity index (χ2n) is 7.33. The number of H-pyrrole nitrogens is 1. The van der Waals surface area contributed by atoms with Gasteiger partial charge in [0.05, 0.1) is 17.1 Å². The Labute approximate surface area is 172 Å². The predicted molar refractivity (Wildman–Crippen MR) is 115 cm³/mol. The Hall–Kier alpha value is -3.61. The average molecular weight is 404 g/mol. The van der Waals surface area contributed by atoms with E-state index in [0.29, 0.717) is 23.5 Å². The van der Waals surface area contributed by atoms with E-state index in [9.17, 15) is 14.0 Å². The van der Waals surface area contributed by atoms with Crippen LogP contribution in [-0.4, -0.2) is 19.5 Å². The lowest BCUT2D eigenvalue weighted by atomic mass is 10.0. The Morgan fingerprint density at radius 2 is 1.73 bits per heavy atom. The number of rotatable bonds is 4. The molecule has 0 aliphatic carbocycles. The van der Waals surface area contributed by atoms with Crippen molar-refractivity contribution < 1.29 is 4.39 Å². The second-order valence-corrected chi connectivity index (χ2v) is 7.33. The highest BCUT2D eigenvalue weighted by atomic mass is 19.1. The van der Waals surface area contributed by atoms with Gasteiger partial charge in [0, 0.05) is 5.56 Å². The van der Waals surface area contributed by atoms with Gasteiger partial charge in [0.15, 0.2) is 11.2 Å². The molecule has 1 N–H and O–H groups in total. The first kappa shape index (κ1) is 19.7. The summed E-state index contributed by atoms with van der Waals surface area (Å²) in [6.45, 7) is 5.89. The Balaban J connectivity index is 2.16. The van der Waals surface area contributed by atoms with Crippen LogP contribution in [0, 0.1) is 5.82 Å². The maximum atomic E-state index is 14.5. The highest BCUT2D eigenvalue weighted by Crippen LogP contribution is 2.27. The van der Waals surface area contributed by atoms with Gasteiger partial charge < -0.3 is 0 Å². The van der Waals surface area contributed by atoms with Crippen molar-refractivity contribution in [1.29, 1.82) is 0 Å². The molecule has 0 aliphatic rings. The lowest BCUT2D eigenvalue weighted by molar-refractivity contribution is 0.630. The largest absolute Gasteiger partial charge is 0.334 e. The summed E-state index contributed by atoms with van der Waals surface area (Å²) in [5.41, 5.74) is 1.54. The normalized spacial score (nSPS) is 11.4. The molecule has 4 aromatic rings. The Morgan fingerprint density at radius 3 is 2.43 bits per heavy atom. The fourth-order valence-electron chi connectivity index (χ4n) is 3.60. The van der Waals surface area contributed by atoms with E-state index in [0.717, 1.165) is 5.56 Å². The smallest absolute Gasteiger partial charge is 0.272 e. The second kappa shape index (κ2) is 7.67. The Kier molecular flexibility index (Phi) is 5.03. The summed E-state index contributed by atoms with van der Waals surface area (Å²) < 4.78 is 15.9. The molecule has 0 unspecified atom stereocenters. The molecule has 6 nitrogen and oxygen atoms in total. The number of nitrogens with zero attached hydrogens (tertiary/aromatic N) is 3. The molecule has 2 aromatic carbocycles. The molecule has 0 saturated carbocycles. The van der Waals surface area contributed by atoms with Gasteiger partial charge in [-0.1, -0.05) is 51.1 Å². The SMILES string of the molecule is CCc1nc2c(=O)[nH]c(=O)n(-c3ccccc3C(C)C)c2nc1-c1ccccc1F. The van der Waals surface area contributed by atoms with Crippen LogP contribution >= 0.6 is 0 Å². The number of hydrogen-bond donors (Lipinski definition) is 1. The number of hydrogen-bond acceptors (Lipinski definition) is 4. The zero-order valence-corrected chi connectivity index (χ0v) is 16.9. The van der Waals surface area contributed by atoms with Crippen molar-refractivity contribution in [3.05, 3.63) is 86.4 Å². The van der Waals surface area contributed by atoms with E-state index in [2.05, 4.69) is 15.0 Å². The van der Waals surface area contributed by atoms with Crippen molar-refractivity contribution in [2.75, 3.05) is 0 Å². The molecule has 0 aliphatic heterocycles. The molecule has 7 heteroatoms. The van der Waals surface area contributed by atoms with Gasteiger partial charge in [-0.2, -0.15) is 0 Å². The van der Waals surface area contributed by atoms with Gasteiger partial charge >= 0.3 is 5.69 Å². The van der Waals surface area contributed by atoms with Crippen LogP contribution in [0.2, 0.25) is 0 Å². The van der Waals surface area contributed by atoms with E-state index in [1.807, 2.05) is 39.0 Å². The van der Waals surface area contributed by atoms with Crippen LogP contribution in [-0.2, 0) is 6.42 Å². The topological polar surface area (TPSA) is 80.6 Å². The highest BCUT2D eigenvalue weighted by Gasteiger charge is 2.20. The van der Waals surface area contributed by atoms with E-state index in [1.165, 1.54) is 10.6 Å². The predicted octanol–water partition coefficient (Wildman–Crippen LogP) is 3.96. The van der Waals surface area contributed by atoms with E-state index in [1.54, 1.807) is 24.3 Å². The Morgan fingerprint density at radius 1 is 1.03 bits per heavy atom. The number of aryl methyl sites for hydroxylation is 1. The summed E-state index contributed by atoms with van der Waals surface area (Å²) in [6.07, 6.45) is 0.452. The summed E-state index contributed by atoms with van der Waals surface area (Å²) in [6, 6.07) is 13.7. The van der Waals surface area contributed by atoms with Gasteiger partial charge in [0.2, 0.25) is 0 Å².